The molecule has 2 aromatic heterocycles. The van der Waals surface area contributed by atoms with Crippen LogP contribution in [-0.4, -0.2) is 49.8 Å². The highest BCUT2D eigenvalue weighted by molar-refractivity contribution is 5.69. The van der Waals surface area contributed by atoms with E-state index in [-0.39, 0.29) is 11.2 Å². The van der Waals surface area contributed by atoms with Crippen LogP contribution in [0.2, 0.25) is 0 Å². The lowest BCUT2D eigenvalue weighted by Gasteiger charge is -2.24. The van der Waals surface area contributed by atoms with Crippen molar-refractivity contribution in [3.63, 3.8) is 0 Å². The summed E-state index contributed by atoms with van der Waals surface area (Å²) in [5.74, 6) is 0.696. The molecule has 0 aliphatic carbocycles. The van der Waals surface area contributed by atoms with Gasteiger partial charge in [0.25, 0.3) is 5.56 Å². The van der Waals surface area contributed by atoms with Crippen molar-refractivity contribution in [2.75, 3.05) is 19.8 Å². The van der Waals surface area contributed by atoms with E-state index in [0.717, 1.165) is 24.1 Å². The third kappa shape index (κ3) is 2.48. The second-order valence-corrected chi connectivity index (χ2v) is 5.81. The maximum Gasteiger partial charge on any atom is 0.332 e. The standard InChI is InChI=1S/C14H21N5O3/c1-9-4-6-22-7-5-19(9)8-10-15-11-12(16-10)17(2)14(21)18(3)13(11)20/h9H,4-8H2,1-3H3,(H,15,16). The summed E-state index contributed by atoms with van der Waals surface area (Å²) in [5.41, 5.74) is 0.0661. The minimum Gasteiger partial charge on any atom is -0.380 e. The van der Waals surface area contributed by atoms with E-state index in [1.54, 1.807) is 7.05 Å². The molecule has 0 saturated carbocycles. The van der Waals surface area contributed by atoms with Crippen LogP contribution in [0.5, 0.6) is 0 Å². The molecule has 0 spiro atoms. The summed E-state index contributed by atoms with van der Waals surface area (Å²) in [7, 11) is 3.09. The van der Waals surface area contributed by atoms with Gasteiger partial charge >= 0.3 is 5.69 Å². The summed E-state index contributed by atoms with van der Waals surface area (Å²) in [6.07, 6.45) is 0.973. The first kappa shape index (κ1) is 15.0. The van der Waals surface area contributed by atoms with Crippen molar-refractivity contribution in [3.8, 4) is 0 Å². The lowest BCUT2D eigenvalue weighted by molar-refractivity contribution is 0.138. The minimum atomic E-state index is -0.368. The number of imidazole rings is 1. The van der Waals surface area contributed by atoms with Gasteiger partial charge in [0.05, 0.1) is 13.2 Å². The molecule has 1 aliphatic rings. The van der Waals surface area contributed by atoms with Gasteiger partial charge in [-0.2, -0.15) is 0 Å². The van der Waals surface area contributed by atoms with E-state index in [1.165, 1.54) is 11.6 Å². The molecule has 1 fully saturated rings. The number of aromatic amines is 1. The maximum atomic E-state index is 12.2. The van der Waals surface area contributed by atoms with Gasteiger partial charge in [0.2, 0.25) is 0 Å². The Hall–Kier alpha value is -1.93. The Balaban J connectivity index is 1.99. The van der Waals surface area contributed by atoms with Crippen molar-refractivity contribution >= 4 is 11.2 Å². The zero-order valence-corrected chi connectivity index (χ0v) is 13.1. The first-order valence-corrected chi connectivity index (χ1v) is 7.45. The van der Waals surface area contributed by atoms with Gasteiger partial charge in [-0.05, 0) is 13.3 Å². The van der Waals surface area contributed by atoms with E-state index >= 15 is 0 Å². The molecule has 1 N–H and O–H groups in total. The fourth-order valence-corrected chi connectivity index (χ4v) is 2.82. The summed E-state index contributed by atoms with van der Waals surface area (Å²) in [5, 5.41) is 0. The van der Waals surface area contributed by atoms with Crippen molar-refractivity contribution in [2.45, 2.75) is 25.9 Å². The summed E-state index contributed by atoms with van der Waals surface area (Å²) < 4.78 is 7.97. The molecule has 3 heterocycles. The Labute approximate surface area is 127 Å². The number of rotatable bonds is 2. The van der Waals surface area contributed by atoms with Gasteiger partial charge in [0.15, 0.2) is 5.65 Å². The number of nitrogens with one attached hydrogen (secondary N) is 1. The lowest BCUT2D eigenvalue weighted by atomic mass is 10.2. The topological polar surface area (TPSA) is 85.2 Å². The molecule has 8 nitrogen and oxygen atoms in total. The third-order valence-electron chi connectivity index (χ3n) is 4.32. The number of nitrogens with zero attached hydrogens (tertiary/aromatic N) is 4. The molecule has 3 rings (SSSR count). The number of aromatic nitrogens is 4. The van der Waals surface area contributed by atoms with Gasteiger partial charge in [-0.25, -0.2) is 9.78 Å². The molecule has 0 radical (unpaired) electrons. The average molecular weight is 307 g/mol. The van der Waals surface area contributed by atoms with Gasteiger partial charge in [-0.3, -0.25) is 18.8 Å². The quantitative estimate of drug-likeness (QED) is 0.814. The number of H-pyrrole nitrogens is 1. The second-order valence-electron chi connectivity index (χ2n) is 5.81. The minimum absolute atomic E-state index is 0.343. The monoisotopic (exact) mass is 307 g/mol. The molecule has 120 valence electrons. The summed E-state index contributed by atoms with van der Waals surface area (Å²) >= 11 is 0. The molecule has 1 saturated heterocycles. The van der Waals surface area contributed by atoms with Crippen molar-refractivity contribution in [2.24, 2.45) is 14.1 Å². The van der Waals surface area contributed by atoms with Crippen LogP contribution >= 0.6 is 0 Å². The number of ether oxygens (including phenoxy) is 1. The first-order chi connectivity index (χ1) is 10.5. The highest BCUT2D eigenvalue weighted by atomic mass is 16.5. The predicted molar refractivity (Wildman–Crippen MR) is 81.9 cm³/mol. The van der Waals surface area contributed by atoms with E-state index in [4.69, 9.17) is 4.74 Å². The average Bonchev–Trinajstić information content (AvgIpc) is 2.82. The van der Waals surface area contributed by atoms with Gasteiger partial charge in [-0.1, -0.05) is 0 Å². The van der Waals surface area contributed by atoms with Crippen LogP contribution in [0.25, 0.3) is 11.2 Å². The Morgan fingerprint density at radius 2 is 2.05 bits per heavy atom. The Bertz CT molecular complexity index is 803. The summed E-state index contributed by atoms with van der Waals surface area (Å²) in [6, 6.07) is 0.391. The number of aryl methyl sites for hydroxylation is 1. The van der Waals surface area contributed by atoms with Gasteiger partial charge < -0.3 is 9.72 Å². The smallest absolute Gasteiger partial charge is 0.332 e. The Morgan fingerprint density at radius 1 is 1.27 bits per heavy atom. The Morgan fingerprint density at radius 3 is 2.82 bits per heavy atom. The fourth-order valence-electron chi connectivity index (χ4n) is 2.82. The number of hydrogen-bond acceptors (Lipinski definition) is 5. The van der Waals surface area contributed by atoms with Gasteiger partial charge in [0.1, 0.15) is 11.3 Å². The van der Waals surface area contributed by atoms with E-state index in [2.05, 4.69) is 21.8 Å². The molecular weight excluding hydrogens is 286 g/mol. The molecule has 0 aromatic carbocycles. The van der Waals surface area contributed by atoms with E-state index in [0.29, 0.717) is 36.2 Å². The van der Waals surface area contributed by atoms with E-state index < -0.39 is 0 Å². The second kappa shape index (κ2) is 5.69. The summed E-state index contributed by atoms with van der Waals surface area (Å²) in [6.45, 7) is 5.06. The van der Waals surface area contributed by atoms with Crippen molar-refractivity contribution < 1.29 is 4.74 Å². The molecule has 1 unspecified atom stereocenters. The van der Waals surface area contributed by atoms with E-state index in [9.17, 15) is 9.59 Å². The van der Waals surface area contributed by atoms with Crippen molar-refractivity contribution in [3.05, 3.63) is 26.7 Å². The molecule has 0 bridgehead atoms. The molecule has 22 heavy (non-hydrogen) atoms. The van der Waals surface area contributed by atoms with Crippen LogP contribution in [0.15, 0.2) is 9.59 Å². The van der Waals surface area contributed by atoms with Gasteiger partial charge in [-0.15, -0.1) is 0 Å². The SMILES string of the molecule is CC1CCOCCN1Cc1nc2c([nH]1)c(=O)n(C)c(=O)n2C. The molecule has 1 atom stereocenters. The Kier molecular flexibility index (Phi) is 3.88. The van der Waals surface area contributed by atoms with Crippen LogP contribution in [0.4, 0.5) is 0 Å². The maximum absolute atomic E-state index is 12.2. The molecule has 8 heteroatoms. The first-order valence-electron chi connectivity index (χ1n) is 7.45. The highest BCUT2D eigenvalue weighted by Crippen LogP contribution is 2.13. The molecular formula is C14H21N5O3. The van der Waals surface area contributed by atoms with Crippen LogP contribution in [0, 0.1) is 0 Å². The van der Waals surface area contributed by atoms with Crippen LogP contribution in [0.3, 0.4) is 0 Å². The highest BCUT2D eigenvalue weighted by Gasteiger charge is 2.20. The molecule has 0 amide bonds. The number of hydrogen-bond donors (Lipinski definition) is 1. The van der Waals surface area contributed by atoms with Crippen LogP contribution < -0.4 is 11.2 Å². The zero-order valence-electron chi connectivity index (χ0n) is 13.1. The fraction of sp³-hybridized carbons (Fsp3) is 0.643. The molecule has 1 aliphatic heterocycles. The van der Waals surface area contributed by atoms with Crippen molar-refractivity contribution in [1.82, 2.24) is 24.0 Å². The van der Waals surface area contributed by atoms with Gasteiger partial charge in [0, 0.05) is 33.3 Å². The molecule has 2 aromatic rings. The largest absolute Gasteiger partial charge is 0.380 e. The van der Waals surface area contributed by atoms with E-state index in [1.807, 2.05) is 0 Å². The van der Waals surface area contributed by atoms with Crippen LogP contribution in [-0.2, 0) is 25.4 Å². The lowest BCUT2D eigenvalue weighted by Crippen LogP contribution is -2.36. The zero-order chi connectivity index (χ0) is 15.9. The normalized spacial score (nSPS) is 20.4. The van der Waals surface area contributed by atoms with Crippen LogP contribution in [0.1, 0.15) is 19.2 Å². The van der Waals surface area contributed by atoms with Crippen molar-refractivity contribution in [1.29, 1.82) is 0 Å². The third-order valence-corrected chi connectivity index (χ3v) is 4.32. The predicted octanol–water partition coefficient (Wildman–Crippen LogP) is -0.429. The summed E-state index contributed by atoms with van der Waals surface area (Å²) in [4.78, 5) is 33.9. The number of fused-ring (bicyclic) bond motifs is 1.